The third kappa shape index (κ3) is 4.50. The van der Waals surface area contributed by atoms with Gasteiger partial charge in [-0.2, -0.15) is 0 Å². The van der Waals surface area contributed by atoms with Gasteiger partial charge in [-0.05, 0) is 67.1 Å². The first-order valence-electron chi connectivity index (χ1n) is 10.0. The monoisotopic (exact) mass is 364 g/mol. The number of fused-ring (bicyclic) bond motifs is 1. The molecule has 0 spiro atoms. The highest BCUT2D eigenvalue weighted by molar-refractivity contribution is 5.67. The molecule has 5 atom stereocenters. The van der Waals surface area contributed by atoms with Gasteiger partial charge < -0.3 is 9.84 Å². The summed E-state index contributed by atoms with van der Waals surface area (Å²) in [6.07, 6.45) is 6.07. The number of carboxylic acids is 1. The van der Waals surface area contributed by atoms with E-state index in [0.717, 1.165) is 38.5 Å². The molecule has 0 radical (unpaired) electrons. The number of aliphatic carboxylic acids is 1. The minimum atomic E-state index is -0.724. The van der Waals surface area contributed by atoms with Crippen molar-refractivity contribution in [1.29, 1.82) is 0 Å². The molecule has 4 nitrogen and oxygen atoms in total. The van der Waals surface area contributed by atoms with Crippen LogP contribution >= 0.6 is 0 Å². The molecule has 2 aliphatic carbocycles. The van der Waals surface area contributed by atoms with Crippen molar-refractivity contribution in [3.63, 3.8) is 0 Å². The Balaban J connectivity index is 2.21. The molecule has 0 aromatic carbocycles. The summed E-state index contributed by atoms with van der Waals surface area (Å²) in [6, 6.07) is 0. The zero-order chi connectivity index (χ0) is 19.7. The van der Waals surface area contributed by atoms with E-state index in [1.54, 1.807) is 0 Å². The number of carboxylic acid groups (broad SMARTS) is 1. The Morgan fingerprint density at radius 2 is 1.96 bits per heavy atom. The van der Waals surface area contributed by atoms with E-state index in [1.807, 2.05) is 6.92 Å². The van der Waals surface area contributed by atoms with Crippen LogP contribution in [-0.4, -0.2) is 23.1 Å². The van der Waals surface area contributed by atoms with Crippen LogP contribution in [-0.2, 0) is 14.3 Å². The van der Waals surface area contributed by atoms with E-state index in [2.05, 4.69) is 27.4 Å². The van der Waals surface area contributed by atoms with Gasteiger partial charge in [0, 0.05) is 13.3 Å². The number of ether oxygens (including phenoxy) is 1. The summed E-state index contributed by atoms with van der Waals surface area (Å²) in [5.74, 6) is 0.194. The van der Waals surface area contributed by atoms with Gasteiger partial charge in [0.15, 0.2) is 0 Å². The topological polar surface area (TPSA) is 63.6 Å². The molecule has 2 aliphatic rings. The van der Waals surface area contributed by atoms with Crippen molar-refractivity contribution in [2.45, 2.75) is 85.7 Å². The fraction of sp³-hybridized carbons (Fsp3) is 0.818. The number of esters is 1. The van der Waals surface area contributed by atoms with Crippen molar-refractivity contribution in [2.24, 2.45) is 28.6 Å². The molecule has 0 aliphatic heterocycles. The third-order valence-electron chi connectivity index (χ3n) is 7.01. The maximum atomic E-state index is 11.6. The Kier molecular flexibility index (Phi) is 6.24. The third-order valence-corrected chi connectivity index (χ3v) is 7.01. The van der Waals surface area contributed by atoms with Gasteiger partial charge in [0.2, 0.25) is 0 Å². The van der Waals surface area contributed by atoms with Crippen molar-refractivity contribution < 1.29 is 19.4 Å². The smallest absolute Gasteiger partial charge is 0.303 e. The molecule has 4 heteroatoms. The van der Waals surface area contributed by atoms with Crippen molar-refractivity contribution in [1.82, 2.24) is 0 Å². The highest BCUT2D eigenvalue weighted by atomic mass is 16.5. The van der Waals surface area contributed by atoms with E-state index in [4.69, 9.17) is 9.84 Å². The van der Waals surface area contributed by atoms with Crippen LogP contribution in [0.25, 0.3) is 0 Å². The molecule has 26 heavy (non-hydrogen) atoms. The van der Waals surface area contributed by atoms with Crippen molar-refractivity contribution >= 4 is 11.9 Å². The molecule has 2 saturated carbocycles. The Bertz CT molecular complexity index is 564. The molecule has 0 amide bonds. The number of allylic oxidation sites excluding steroid dienone is 1. The van der Waals surface area contributed by atoms with E-state index >= 15 is 0 Å². The number of carbonyl (C=O) groups is 2. The van der Waals surface area contributed by atoms with E-state index < -0.39 is 5.97 Å². The van der Waals surface area contributed by atoms with Crippen LogP contribution in [0.3, 0.4) is 0 Å². The zero-order valence-electron chi connectivity index (χ0n) is 17.1. The molecular weight excluding hydrogens is 328 g/mol. The lowest BCUT2D eigenvalue weighted by atomic mass is 9.46. The Hall–Kier alpha value is -1.32. The number of rotatable bonds is 6. The molecule has 0 saturated heterocycles. The highest BCUT2D eigenvalue weighted by Crippen LogP contribution is 2.62. The molecule has 0 heterocycles. The van der Waals surface area contributed by atoms with Crippen LogP contribution in [0.2, 0.25) is 0 Å². The molecule has 5 unspecified atom stereocenters. The average molecular weight is 365 g/mol. The quantitative estimate of drug-likeness (QED) is 0.518. The van der Waals surface area contributed by atoms with E-state index in [9.17, 15) is 9.59 Å². The Morgan fingerprint density at radius 1 is 1.31 bits per heavy atom. The summed E-state index contributed by atoms with van der Waals surface area (Å²) < 4.78 is 5.66. The maximum Gasteiger partial charge on any atom is 0.303 e. The van der Waals surface area contributed by atoms with Gasteiger partial charge in [-0.3, -0.25) is 9.59 Å². The van der Waals surface area contributed by atoms with Gasteiger partial charge in [-0.1, -0.05) is 39.8 Å². The van der Waals surface area contributed by atoms with Crippen molar-refractivity contribution in [3.8, 4) is 0 Å². The summed E-state index contributed by atoms with van der Waals surface area (Å²) in [6.45, 7) is 14.9. The standard InChI is InChI=1S/C22H36O4/c1-14(11-20(24)25)7-9-18-15(2)8-10-19-21(4,5)12-17(26-16(3)23)13-22(18,19)6/h14,17-19H,2,7-13H2,1,3-6H3,(H,24,25). The number of hydrogen-bond donors (Lipinski definition) is 1. The van der Waals surface area contributed by atoms with Crippen molar-refractivity contribution in [2.75, 3.05) is 0 Å². The molecule has 1 N–H and O–H groups in total. The summed E-state index contributed by atoms with van der Waals surface area (Å²) in [4.78, 5) is 22.5. The fourth-order valence-electron chi connectivity index (χ4n) is 6.11. The molecular formula is C22H36O4. The predicted octanol–water partition coefficient (Wildman–Crippen LogP) is 5.22. The van der Waals surface area contributed by atoms with Gasteiger partial charge in [0.1, 0.15) is 6.10 Å². The SMILES string of the molecule is C=C1CCC2C(C)(C)CC(OC(C)=O)CC2(C)C1CCC(C)CC(=O)O. The average Bonchev–Trinajstić information content (AvgIpc) is 2.42. The number of carbonyl (C=O) groups excluding carboxylic acids is 1. The molecule has 0 bridgehead atoms. The maximum absolute atomic E-state index is 11.6. The summed E-state index contributed by atoms with van der Waals surface area (Å²) >= 11 is 0. The van der Waals surface area contributed by atoms with Gasteiger partial charge >= 0.3 is 11.9 Å². The molecule has 0 aromatic rings. The highest BCUT2D eigenvalue weighted by Gasteiger charge is 2.55. The summed E-state index contributed by atoms with van der Waals surface area (Å²) in [7, 11) is 0. The first kappa shape index (κ1) is 21.0. The molecule has 2 fully saturated rings. The lowest BCUT2D eigenvalue weighted by Crippen LogP contribution is -2.53. The second kappa shape index (κ2) is 7.74. The lowest BCUT2D eigenvalue weighted by molar-refractivity contribution is -0.163. The fourth-order valence-corrected chi connectivity index (χ4v) is 6.11. The van der Waals surface area contributed by atoms with Crippen LogP contribution in [0.15, 0.2) is 12.2 Å². The molecule has 0 aromatic heterocycles. The Labute approximate surface area is 158 Å². The first-order chi connectivity index (χ1) is 12.0. The van der Waals surface area contributed by atoms with Gasteiger partial charge in [0.05, 0.1) is 0 Å². The lowest BCUT2D eigenvalue weighted by Gasteiger charge is -2.59. The zero-order valence-corrected chi connectivity index (χ0v) is 17.1. The minimum Gasteiger partial charge on any atom is -0.481 e. The minimum absolute atomic E-state index is 0.0337. The van der Waals surface area contributed by atoms with Gasteiger partial charge in [0.25, 0.3) is 0 Å². The normalized spacial score (nSPS) is 34.7. The van der Waals surface area contributed by atoms with Crippen LogP contribution in [0.5, 0.6) is 0 Å². The second-order valence-corrected chi connectivity index (χ2v) is 9.72. The van der Waals surface area contributed by atoms with E-state index in [0.29, 0.717) is 11.8 Å². The number of hydrogen-bond acceptors (Lipinski definition) is 3. The molecule has 2 rings (SSSR count). The van der Waals surface area contributed by atoms with Crippen LogP contribution in [0.4, 0.5) is 0 Å². The predicted molar refractivity (Wildman–Crippen MR) is 103 cm³/mol. The molecule has 148 valence electrons. The van der Waals surface area contributed by atoms with Crippen LogP contribution in [0, 0.1) is 28.6 Å². The Morgan fingerprint density at radius 3 is 2.54 bits per heavy atom. The van der Waals surface area contributed by atoms with Crippen LogP contribution < -0.4 is 0 Å². The first-order valence-corrected chi connectivity index (χ1v) is 10.0. The second-order valence-electron chi connectivity index (χ2n) is 9.72. The summed E-state index contributed by atoms with van der Waals surface area (Å²) in [5.41, 5.74) is 1.48. The van der Waals surface area contributed by atoms with E-state index in [-0.39, 0.29) is 35.2 Å². The van der Waals surface area contributed by atoms with Gasteiger partial charge in [-0.25, -0.2) is 0 Å². The van der Waals surface area contributed by atoms with Crippen molar-refractivity contribution in [3.05, 3.63) is 12.2 Å². The van der Waals surface area contributed by atoms with E-state index in [1.165, 1.54) is 12.5 Å². The summed E-state index contributed by atoms with van der Waals surface area (Å²) in [5, 5.41) is 9.03. The largest absolute Gasteiger partial charge is 0.481 e. The van der Waals surface area contributed by atoms with Crippen LogP contribution in [0.1, 0.15) is 79.6 Å². The van der Waals surface area contributed by atoms with Gasteiger partial charge in [-0.15, -0.1) is 0 Å².